The van der Waals surface area contributed by atoms with Crippen molar-refractivity contribution in [2.24, 2.45) is 0 Å². The molecule has 3 aromatic rings. The fourth-order valence-corrected chi connectivity index (χ4v) is 5.11. The summed E-state index contributed by atoms with van der Waals surface area (Å²) in [4.78, 5) is 8.58. The van der Waals surface area contributed by atoms with Crippen LogP contribution >= 0.6 is 0 Å². The lowest BCUT2D eigenvalue weighted by atomic mass is 10.2. The normalized spacial score (nSPS) is 17.6. The first-order valence-corrected chi connectivity index (χ1v) is 13.6. The lowest BCUT2D eigenvalue weighted by molar-refractivity contribution is -0.0941. The second kappa shape index (κ2) is 12.0. The minimum Gasteiger partial charge on any atom is -0.494 e. The Bertz CT molecular complexity index is 1300. The number of sulfonamides is 1. The van der Waals surface area contributed by atoms with Gasteiger partial charge in [0.25, 0.3) is 0 Å². The maximum atomic E-state index is 13.7. The fourth-order valence-electron chi connectivity index (χ4n) is 4.01. The Hall–Kier alpha value is -3.33. The summed E-state index contributed by atoms with van der Waals surface area (Å²) in [7, 11) is -1.11. The molecule has 2 aromatic heterocycles. The van der Waals surface area contributed by atoms with Gasteiger partial charge in [-0.25, -0.2) is 18.4 Å². The van der Waals surface area contributed by atoms with E-state index in [4.69, 9.17) is 23.7 Å². The van der Waals surface area contributed by atoms with Crippen molar-refractivity contribution in [3.8, 4) is 17.2 Å². The topological polar surface area (TPSA) is 149 Å². The Labute approximate surface area is 221 Å². The van der Waals surface area contributed by atoms with E-state index >= 15 is 0 Å². The van der Waals surface area contributed by atoms with Crippen molar-refractivity contribution < 1.29 is 32.1 Å². The SMILES string of the molecule is CCO[C@H](c1ncc(C)cn1)[C@H](C)S(=O)(=O)Nc1nnc([C@H]2COCCO2)n1-c1c(OC)cccc1OC. The van der Waals surface area contributed by atoms with E-state index in [1.165, 1.54) is 25.7 Å². The van der Waals surface area contributed by atoms with Gasteiger partial charge in [0.15, 0.2) is 11.6 Å². The number of nitrogens with zero attached hydrogens (tertiary/aromatic N) is 5. The largest absolute Gasteiger partial charge is 0.494 e. The number of rotatable bonds is 11. The minimum absolute atomic E-state index is 0.0797. The summed E-state index contributed by atoms with van der Waals surface area (Å²) in [6.07, 6.45) is 1.71. The first kappa shape index (κ1) is 27.7. The average Bonchev–Trinajstić information content (AvgIpc) is 3.34. The highest BCUT2D eigenvalue weighted by molar-refractivity contribution is 7.93. The molecule has 38 heavy (non-hydrogen) atoms. The van der Waals surface area contributed by atoms with E-state index in [1.54, 1.807) is 37.5 Å². The Morgan fingerprint density at radius 3 is 2.39 bits per heavy atom. The summed E-state index contributed by atoms with van der Waals surface area (Å²) in [6.45, 7) is 6.42. The first-order chi connectivity index (χ1) is 18.3. The predicted octanol–water partition coefficient (Wildman–Crippen LogP) is 2.38. The van der Waals surface area contributed by atoms with Crippen LogP contribution in [0, 0.1) is 6.92 Å². The van der Waals surface area contributed by atoms with E-state index < -0.39 is 27.5 Å². The summed E-state index contributed by atoms with van der Waals surface area (Å²) in [5.74, 6) is 1.33. The van der Waals surface area contributed by atoms with Crippen molar-refractivity contribution in [3.63, 3.8) is 0 Å². The molecule has 0 spiro atoms. The molecule has 0 radical (unpaired) electrons. The highest BCUT2D eigenvalue weighted by Gasteiger charge is 2.36. The molecular weight excluding hydrogens is 516 g/mol. The van der Waals surface area contributed by atoms with Gasteiger partial charge in [-0.15, -0.1) is 10.2 Å². The second-order valence-electron chi connectivity index (χ2n) is 8.51. The summed E-state index contributed by atoms with van der Waals surface area (Å²) in [5, 5.41) is 7.36. The van der Waals surface area contributed by atoms with E-state index in [0.29, 0.717) is 36.2 Å². The van der Waals surface area contributed by atoms with Crippen molar-refractivity contribution in [3.05, 3.63) is 47.8 Å². The monoisotopic (exact) mass is 548 g/mol. The summed E-state index contributed by atoms with van der Waals surface area (Å²) >= 11 is 0. The molecule has 0 aliphatic carbocycles. The molecule has 1 aliphatic rings. The summed E-state index contributed by atoms with van der Waals surface area (Å²) in [5.41, 5.74) is 1.25. The number of anilines is 1. The van der Waals surface area contributed by atoms with E-state index in [2.05, 4.69) is 24.9 Å². The van der Waals surface area contributed by atoms with E-state index in [1.807, 2.05) is 6.92 Å². The number of benzene rings is 1. The summed E-state index contributed by atoms with van der Waals surface area (Å²) < 4.78 is 59.8. The number of methoxy groups -OCH3 is 2. The zero-order valence-electron chi connectivity index (χ0n) is 21.9. The van der Waals surface area contributed by atoms with Gasteiger partial charge in [0.1, 0.15) is 34.6 Å². The number of hydrogen-bond acceptors (Lipinski definition) is 11. The average molecular weight is 549 g/mol. The third kappa shape index (κ3) is 5.72. The van der Waals surface area contributed by atoms with Gasteiger partial charge in [0, 0.05) is 19.0 Å². The highest BCUT2D eigenvalue weighted by atomic mass is 32.2. The van der Waals surface area contributed by atoms with Crippen molar-refractivity contribution >= 4 is 16.0 Å². The molecule has 206 valence electrons. The van der Waals surface area contributed by atoms with Crippen molar-refractivity contribution in [1.82, 2.24) is 24.7 Å². The molecule has 14 heteroatoms. The van der Waals surface area contributed by atoms with E-state index in [0.717, 1.165) is 5.56 Å². The molecule has 13 nitrogen and oxygen atoms in total. The number of hydrogen-bond donors (Lipinski definition) is 1. The molecule has 4 rings (SSSR count). The Morgan fingerprint density at radius 2 is 1.82 bits per heavy atom. The molecule has 3 heterocycles. The number of para-hydroxylation sites is 1. The van der Waals surface area contributed by atoms with Crippen LogP contribution in [0.4, 0.5) is 5.95 Å². The molecule has 0 unspecified atom stereocenters. The quantitative estimate of drug-likeness (QED) is 0.376. The number of nitrogens with one attached hydrogen (secondary N) is 1. The standard InChI is InChI=1S/C24H32N6O7S/c1-6-36-21(22-25-12-15(2)13-26-22)16(3)38(31,32)29-24-28-27-23(19-14-35-10-11-37-19)30(24)20-17(33-4)8-7-9-18(20)34-5/h7-9,12-13,16,19,21H,6,10-11,14H2,1-5H3,(H,28,29)/t16-,19+,21-/m0/s1. The molecule has 1 aliphatic heterocycles. The molecule has 3 atom stereocenters. The fraction of sp³-hybridized carbons (Fsp3) is 0.500. The van der Waals surface area contributed by atoms with E-state index in [-0.39, 0.29) is 25.0 Å². The van der Waals surface area contributed by atoms with Crippen molar-refractivity contribution in [2.45, 2.75) is 38.2 Å². The van der Waals surface area contributed by atoms with Gasteiger partial charge in [-0.3, -0.25) is 9.29 Å². The maximum Gasteiger partial charge on any atom is 0.243 e. The smallest absolute Gasteiger partial charge is 0.243 e. The maximum absolute atomic E-state index is 13.7. The van der Waals surface area contributed by atoms with Crippen LogP contribution in [-0.4, -0.2) is 79.0 Å². The van der Waals surface area contributed by atoms with Gasteiger partial charge in [0.05, 0.1) is 34.0 Å². The van der Waals surface area contributed by atoms with Crippen LogP contribution in [0.3, 0.4) is 0 Å². The number of aryl methyl sites for hydroxylation is 1. The third-order valence-electron chi connectivity index (χ3n) is 5.97. The Morgan fingerprint density at radius 1 is 1.13 bits per heavy atom. The highest BCUT2D eigenvalue weighted by Crippen LogP contribution is 2.38. The van der Waals surface area contributed by atoms with E-state index in [9.17, 15) is 8.42 Å². The molecular formula is C24H32N6O7S. The molecule has 0 saturated carbocycles. The van der Waals surface area contributed by atoms with Crippen LogP contribution in [0.1, 0.15) is 43.3 Å². The third-order valence-corrected chi connectivity index (χ3v) is 7.66. The molecule has 1 fully saturated rings. The number of ether oxygens (including phenoxy) is 5. The zero-order chi connectivity index (χ0) is 27.3. The Balaban J connectivity index is 1.78. The second-order valence-corrected chi connectivity index (χ2v) is 10.5. The van der Waals surface area contributed by atoms with Crippen LogP contribution in [0.2, 0.25) is 0 Å². The zero-order valence-corrected chi connectivity index (χ0v) is 22.8. The minimum atomic E-state index is -4.11. The van der Waals surface area contributed by atoms with Gasteiger partial charge >= 0.3 is 0 Å². The van der Waals surface area contributed by atoms with Crippen LogP contribution in [0.25, 0.3) is 5.69 Å². The van der Waals surface area contributed by atoms with Crippen LogP contribution in [-0.2, 0) is 24.2 Å². The van der Waals surface area contributed by atoms with Crippen LogP contribution < -0.4 is 14.2 Å². The predicted molar refractivity (Wildman–Crippen MR) is 137 cm³/mol. The van der Waals surface area contributed by atoms with Gasteiger partial charge in [-0.2, -0.15) is 0 Å². The Kier molecular flexibility index (Phi) is 8.76. The first-order valence-electron chi connectivity index (χ1n) is 12.1. The molecule has 1 N–H and O–H groups in total. The number of aromatic nitrogens is 5. The molecule has 1 saturated heterocycles. The van der Waals surface area contributed by atoms with Gasteiger partial charge in [-0.1, -0.05) is 6.07 Å². The van der Waals surface area contributed by atoms with Gasteiger partial charge < -0.3 is 23.7 Å². The lowest BCUT2D eigenvalue weighted by Gasteiger charge is -2.25. The van der Waals surface area contributed by atoms with Gasteiger partial charge in [-0.05, 0) is 38.5 Å². The molecule has 0 bridgehead atoms. The summed E-state index contributed by atoms with van der Waals surface area (Å²) in [6, 6.07) is 5.20. The van der Waals surface area contributed by atoms with Gasteiger partial charge in [0.2, 0.25) is 16.0 Å². The van der Waals surface area contributed by atoms with Crippen LogP contribution in [0.5, 0.6) is 11.5 Å². The molecule has 0 amide bonds. The van der Waals surface area contributed by atoms with Crippen molar-refractivity contribution in [1.29, 1.82) is 0 Å². The lowest BCUT2D eigenvalue weighted by Crippen LogP contribution is -2.34. The van der Waals surface area contributed by atoms with Crippen LogP contribution in [0.15, 0.2) is 30.6 Å². The van der Waals surface area contributed by atoms with Crippen molar-refractivity contribution in [2.75, 3.05) is 45.4 Å². The molecule has 1 aromatic carbocycles.